The highest BCUT2D eigenvalue weighted by Crippen LogP contribution is 2.54. The summed E-state index contributed by atoms with van der Waals surface area (Å²) in [6, 6.07) is 20.7. The topological polar surface area (TPSA) is 127 Å². The van der Waals surface area contributed by atoms with Gasteiger partial charge in [-0.3, -0.25) is 9.59 Å². The number of anilines is 1. The van der Waals surface area contributed by atoms with Gasteiger partial charge in [-0.05, 0) is 58.3 Å². The molecule has 5 N–H and O–H groups in total. The van der Waals surface area contributed by atoms with E-state index < -0.39 is 24.5 Å². The summed E-state index contributed by atoms with van der Waals surface area (Å²) >= 11 is 0. The summed E-state index contributed by atoms with van der Waals surface area (Å²) in [6.45, 7) is 0.358. The van der Waals surface area contributed by atoms with Crippen LogP contribution in [0.1, 0.15) is 42.4 Å². The second-order valence-electron chi connectivity index (χ2n) is 8.60. The monoisotopic (exact) mass is 459 g/mol. The minimum Gasteiger partial charge on any atom is -0.481 e. The number of carboxylic acids is 2. The second kappa shape index (κ2) is 9.71. The van der Waals surface area contributed by atoms with Gasteiger partial charge < -0.3 is 25.6 Å². The zero-order chi connectivity index (χ0) is 24.3. The van der Waals surface area contributed by atoms with Gasteiger partial charge in [0.25, 0.3) is 0 Å². The molecule has 0 fully saturated rings. The van der Waals surface area contributed by atoms with E-state index in [1.165, 1.54) is 0 Å². The number of benzene rings is 3. The molecule has 1 aliphatic carbocycles. The molecule has 4 rings (SSSR count). The first-order valence-electron chi connectivity index (χ1n) is 11.2. The predicted octanol–water partition coefficient (Wildman–Crippen LogP) is 2.97. The number of hydrogen-bond donors (Lipinski definition) is 5. The van der Waals surface area contributed by atoms with E-state index in [2.05, 4.69) is 5.32 Å². The molecule has 7 nitrogen and oxygen atoms in total. The smallest absolute Gasteiger partial charge is 0.481 e. The van der Waals surface area contributed by atoms with Crippen molar-refractivity contribution < 1.29 is 29.9 Å². The summed E-state index contributed by atoms with van der Waals surface area (Å²) in [5, 5.41) is 41.5. The molecular weight excluding hydrogens is 433 g/mol. The van der Waals surface area contributed by atoms with E-state index in [1.54, 1.807) is 12.1 Å². The molecule has 0 atom stereocenters. The van der Waals surface area contributed by atoms with Crippen LogP contribution in [0.2, 0.25) is 0 Å². The summed E-state index contributed by atoms with van der Waals surface area (Å²) < 4.78 is 0. The average molecular weight is 459 g/mol. The maximum absolute atomic E-state index is 11.5. The Morgan fingerprint density at radius 1 is 0.794 bits per heavy atom. The third-order valence-electron chi connectivity index (χ3n) is 6.62. The molecule has 0 bridgehead atoms. The molecule has 3 aromatic rings. The van der Waals surface area contributed by atoms with Gasteiger partial charge in [-0.1, -0.05) is 54.6 Å². The van der Waals surface area contributed by atoms with Gasteiger partial charge in [0.2, 0.25) is 0 Å². The normalized spacial score (nSPS) is 13.1. The van der Waals surface area contributed by atoms with Crippen LogP contribution >= 0.6 is 0 Å². The van der Waals surface area contributed by atoms with Crippen LogP contribution < -0.4 is 10.8 Å². The van der Waals surface area contributed by atoms with E-state index in [0.717, 1.165) is 33.5 Å². The van der Waals surface area contributed by atoms with Crippen LogP contribution in [0.4, 0.5) is 5.69 Å². The van der Waals surface area contributed by atoms with Crippen molar-refractivity contribution in [2.45, 2.75) is 37.6 Å². The lowest BCUT2D eigenvalue weighted by Crippen LogP contribution is -2.33. The van der Waals surface area contributed by atoms with Crippen molar-refractivity contribution >= 4 is 30.2 Å². The summed E-state index contributed by atoms with van der Waals surface area (Å²) in [4.78, 5) is 23.0. The largest absolute Gasteiger partial charge is 0.488 e. The molecule has 0 unspecified atom stereocenters. The Balaban J connectivity index is 1.73. The van der Waals surface area contributed by atoms with Crippen molar-refractivity contribution in [3.05, 3.63) is 83.4 Å². The van der Waals surface area contributed by atoms with Crippen LogP contribution in [0.25, 0.3) is 11.1 Å². The van der Waals surface area contributed by atoms with Gasteiger partial charge in [0.15, 0.2) is 0 Å². The van der Waals surface area contributed by atoms with Crippen molar-refractivity contribution in [2.75, 3.05) is 5.32 Å². The number of fused-ring (bicyclic) bond motifs is 3. The van der Waals surface area contributed by atoms with Crippen LogP contribution in [-0.2, 0) is 21.5 Å². The molecule has 8 heteroatoms. The zero-order valence-electron chi connectivity index (χ0n) is 18.6. The molecule has 3 aromatic carbocycles. The Kier molecular flexibility index (Phi) is 6.72. The predicted molar refractivity (Wildman–Crippen MR) is 130 cm³/mol. The molecule has 0 radical (unpaired) electrons. The number of rotatable bonds is 10. The van der Waals surface area contributed by atoms with E-state index in [0.29, 0.717) is 24.8 Å². The van der Waals surface area contributed by atoms with E-state index in [1.807, 2.05) is 54.6 Å². The highest BCUT2D eigenvalue weighted by Gasteiger charge is 2.43. The molecule has 0 saturated carbocycles. The van der Waals surface area contributed by atoms with Gasteiger partial charge in [0.05, 0.1) is 0 Å². The first kappa shape index (κ1) is 23.5. The Labute approximate surface area is 197 Å². The molecule has 0 saturated heterocycles. The van der Waals surface area contributed by atoms with Crippen LogP contribution in [0.3, 0.4) is 0 Å². The van der Waals surface area contributed by atoms with Crippen molar-refractivity contribution in [3.63, 3.8) is 0 Å². The molecule has 174 valence electrons. The fourth-order valence-electron chi connectivity index (χ4n) is 5.01. The van der Waals surface area contributed by atoms with Crippen LogP contribution in [0, 0.1) is 0 Å². The lowest BCUT2D eigenvalue weighted by molar-refractivity contribution is -0.137. The second-order valence-corrected chi connectivity index (χ2v) is 8.60. The van der Waals surface area contributed by atoms with E-state index in [9.17, 15) is 29.9 Å². The minimum absolute atomic E-state index is 0.0766. The number of aliphatic carboxylic acids is 2. The zero-order valence-corrected chi connectivity index (χ0v) is 18.6. The third kappa shape index (κ3) is 4.55. The fraction of sp³-hybridized carbons (Fsp3) is 0.231. The standard InChI is InChI=1S/C26H26BNO6/c29-24(30)11-13-26(14-12-25(31)32)21-7-3-2-6-19(21)20-10-9-18(15-22(20)26)28-16-17-5-1-4-8-23(17)27(33)34/h1-10,15,28,33-34H,11-14,16H2,(H,29,30)(H,31,32). The molecular formula is C26H26BNO6. The fourth-order valence-corrected chi connectivity index (χ4v) is 5.01. The third-order valence-corrected chi connectivity index (χ3v) is 6.62. The van der Waals surface area contributed by atoms with Crippen molar-refractivity contribution in [3.8, 4) is 11.1 Å². The lowest BCUT2D eigenvalue weighted by Gasteiger charge is -2.32. The summed E-state index contributed by atoms with van der Waals surface area (Å²) in [5.41, 5.74) is 5.06. The van der Waals surface area contributed by atoms with Gasteiger partial charge >= 0.3 is 19.1 Å². The maximum Gasteiger partial charge on any atom is 0.488 e. The maximum atomic E-state index is 11.5. The summed E-state index contributed by atoms with van der Waals surface area (Å²) in [5.74, 6) is -1.84. The Bertz CT molecular complexity index is 1210. The first-order valence-corrected chi connectivity index (χ1v) is 11.2. The molecule has 34 heavy (non-hydrogen) atoms. The highest BCUT2D eigenvalue weighted by atomic mass is 16.4. The van der Waals surface area contributed by atoms with E-state index >= 15 is 0 Å². The van der Waals surface area contributed by atoms with Crippen molar-refractivity contribution in [2.24, 2.45) is 0 Å². The SMILES string of the molecule is O=C(O)CCC1(CCC(=O)O)c2ccccc2-c2ccc(NCc3ccccc3B(O)O)cc21. The van der Waals surface area contributed by atoms with Gasteiger partial charge in [-0.25, -0.2) is 0 Å². The van der Waals surface area contributed by atoms with Crippen molar-refractivity contribution in [1.82, 2.24) is 0 Å². The van der Waals surface area contributed by atoms with E-state index in [4.69, 9.17) is 0 Å². The average Bonchev–Trinajstić information content (AvgIpc) is 3.10. The summed E-state index contributed by atoms with van der Waals surface area (Å²) in [6.07, 6.45) is 0.435. The number of hydrogen-bond acceptors (Lipinski definition) is 5. The van der Waals surface area contributed by atoms with Gasteiger partial charge in [0.1, 0.15) is 0 Å². The van der Waals surface area contributed by atoms with Gasteiger partial charge in [-0.15, -0.1) is 0 Å². The van der Waals surface area contributed by atoms with Gasteiger partial charge in [0, 0.05) is 30.5 Å². The molecule has 0 aliphatic heterocycles. The summed E-state index contributed by atoms with van der Waals surface area (Å²) in [7, 11) is -1.58. The molecule has 0 aromatic heterocycles. The Morgan fingerprint density at radius 3 is 2.09 bits per heavy atom. The van der Waals surface area contributed by atoms with Crippen molar-refractivity contribution in [1.29, 1.82) is 0 Å². The molecule has 0 heterocycles. The van der Waals surface area contributed by atoms with E-state index in [-0.39, 0.29) is 12.8 Å². The van der Waals surface area contributed by atoms with Gasteiger partial charge in [-0.2, -0.15) is 0 Å². The number of carboxylic acid groups (broad SMARTS) is 2. The Morgan fingerprint density at radius 2 is 1.41 bits per heavy atom. The molecule has 0 spiro atoms. The number of nitrogens with one attached hydrogen (secondary N) is 1. The lowest BCUT2D eigenvalue weighted by atomic mass is 9.71. The molecule has 0 amide bonds. The Hall–Kier alpha value is -3.62. The first-order chi connectivity index (χ1) is 16.3. The van der Waals surface area contributed by atoms with Crippen LogP contribution in [0.15, 0.2) is 66.7 Å². The highest BCUT2D eigenvalue weighted by molar-refractivity contribution is 6.59. The quantitative estimate of drug-likeness (QED) is 0.295. The minimum atomic E-state index is -1.58. The van der Waals surface area contributed by atoms with Crippen LogP contribution in [-0.4, -0.2) is 39.3 Å². The van der Waals surface area contributed by atoms with Crippen LogP contribution in [0.5, 0.6) is 0 Å². The number of carbonyl (C=O) groups is 2. The molecule has 1 aliphatic rings.